The molecule has 0 fully saturated rings. The van der Waals surface area contributed by atoms with Crippen molar-refractivity contribution in [3.05, 3.63) is 41.4 Å². The number of nitrogens with two attached hydrogens (primary N) is 1. The van der Waals surface area contributed by atoms with Crippen molar-refractivity contribution in [2.45, 2.75) is 0 Å². The van der Waals surface area contributed by atoms with Crippen molar-refractivity contribution in [3.8, 4) is 22.5 Å². The van der Waals surface area contributed by atoms with E-state index < -0.39 is 0 Å². The Bertz CT molecular complexity index is 617. The molecule has 0 amide bonds. The summed E-state index contributed by atoms with van der Waals surface area (Å²) in [5.41, 5.74) is 8.55. The van der Waals surface area contributed by atoms with E-state index >= 15 is 0 Å². The highest BCUT2D eigenvalue weighted by Gasteiger charge is 2.17. The van der Waals surface area contributed by atoms with Crippen LogP contribution in [-0.4, -0.2) is 10.1 Å². The summed E-state index contributed by atoms with van der Waals surface area (Å²) in [5.74, 6) is 1.08. The summed E-state index contributed by atoms with van der Waals surface area (Å²) in [4.78, 5) is 4.08. The van der Waals surface area contributed by atoms with Gasteiger partial charge in [0.15, 0.2) is 11.6 Å². The Morgan fingerprint density at radius 3 is 2.88 bits per heavy atom. The maximum absolute atomic E-state index is 5.85. The summed E-state index contributed by atoms with van der Waals surface area (Å²) in [5, 5.41) is 7.82. The molecule has 0 spiro atoms. The first-order valence-electron chi connectivity index (χ1n) is 5.04. The predicted molar refractivity (Wildman–Crippen MR) is 67.5 cm³/mol. The van der Waals surface area contributed by atoms with Crippen molar-refractivity contribution < 1.29 is 4.52 Å². The average molecular weight is 243 g/mol. The van der Waals surface area contributed by atoms with Crippen molar-refractivity contribution in [1.29, 1.82) is 0 Å². The van der Waals surface area contributed by atoms with Crippen LogP contribution in [0.15, 0.2) is 45.9 Å². The summed E-state index contributed by atoms with van der Waals surface area (Å²) in [6, 6.07) is 5.77. The van der Waals surface area contributed by atoms with E-state index in [1.165, 1.54) is 0 Å². The molecule has 0 aliphatic carbocycles. The number of hydrogen-bond donors (Lipinski definition) is 1. The van der Waals surface area contributed by atoms with Crippen LogP contribution in [0, 0.1) is 0 Å². The Labute approximate surface area is 102 Å². The molecule has 3 rings (SSSR count). The minimum absolute atomic E-state index is 0.388. The van der Waals surface area contributed by atoms with E-state index in [4.69, 9.17) is 10.3 Å². The van der Waals surface area contributed by atoms with E-state index in [1.54, 1.807) is 23.7 Å². The molecular weight excluding hydrogens is 234 g/mol. The number of nitrogen functional groups attached to an aromatic ring is 1. The molecule has 3 heterocycles. The fourth-order valence-electron chi connectivity index (χ4n) is 1.68. The first-order valence-corrected chi connectivity index (χ1v) is 5.98. The molecule has 0 radical (unpaired) electrons. The van der Waals surface area contributed by atoms with Crippen LogP contribution in [0.3, 0.4) is 0 Å². The van der Waals surface area contributed by atoms with E-state index in [9.17, 15) is 0 Å². The van der Waals surface area contributed by atoms with Gasteiger partial charge in [0.2, 0.25) is 0 Å². The van der Waals surface area contributed by atoms with Crippen LogP contribution in [0.25, 0.3) is 22.5 Å². The van der Waals surface area contributed by atoms with Gasteiger partial charge in [0.05, 0.1) is 5.56 Å². The Hall–Kier alpha value is -2.14. The quantitative estimate of drug-likeness (QED) is 0.751. The van der Waals surface area contributed by atoms with Crippen molar-refractivity contribution >= 4 is 17.2 Å². The summed E-state index contributed by atoms with van der Waals surface area (Å²) >= 11 is 1.60. The molecule has 4 nitrogen and oxygen atoms in total. The smallest absolute Gasteiger partial charge is 0.177 e. The molecule has 0 bridgehead atoms. The normalized spacial score (nSPS) is 10.6. The highest BCUT2D eigenvalue weighted by atomic mass is 32.1. The molecule has 3 aromatic heterocycles. The summed E-state index contributed by atoms with van der Waals surface area (Å²) in [7, 11) is 0. The zero-order valence-electron chi connectivity index (χ0n) is 8.83. The number of aromatic nitrogens is 2. The van der Waals surface area contributed by atoms with E-state index in [-0.39, 0.29) is 0 Å². The lowest BCUT2D eigenvalue weighted by Crippen LogP contribution is -1.88. The number of nitrogens with zero attached hydrogens (tertiary/aromatic N) is 2. The van der Waals surface area contributed by atoms with Gasteiger partial charge in [-0.15, -0.1) is 0 Å². The zero-order chi connectivity index (χ0) is 11.7. The van der Waals surface area contributed by atoms with Crippen molar-refractivity contribution in [2.75, 3.05) is 5.73 Å². The highest BCUT2D eigenvalue weighted by Crippen LogP contribution is 2.36. The van der Waals surface area contributed by atoms with Gasteiger partial charge in [0.1, 0.15) is 0 Å². The molecule has 84 valence electrons. The Morgan fingerprint density at radius 2 is 2.18 bits per heavy atom. The second kappa shape index (κ2) is 4.03. The summed E-state index contributed by atoms with van der Waals surface area (Å²) < 4.78 is 5.30. The first kappa shape index (κ1) is 10.0. The van der Waals surface area contributed by atoms with Crippen LogP contribution in [0.5, 0.6) is 0 Å². The molecule has 0 atom stereocenters. The lowest BCUT2D eigenvalue weighted by atomic mass is 10.1. The number of thiophene rings is 1. The SMILES string of the molecule is Nc1noc(-c2ccsc2)c1-c1cccnc1. The third-order valence-corrected chi connectivity index (χ3v) is 3.14. The van der Waals surface area contributed by atoms with E-state index in [1.807, 2.05) is 29.0 Å². The molecule has 3 aromatic rings. The molecule has 17 heavy (non-hydrogen) atoms. The highest BCUT2D eigenvalue weighted by molar-refractivity contribution is 7.08. The van der Waals surface area contributed by atoms with Crippen molar-refractivity contribution in [3.63, 3.8) is 0 Å². The Morgan fingerprint density at radius 1 is 1.24 bits per heavy atom. The van der Waals surface area contributed by atoms with Gasteiger partial charge in [-0.2, -0.15) is 11.3 Å². The number of rotatable bonds is 2. The number of pyridine rings is 1. The molecule has 0 aliphatic rings. The average Bonchev–Trinajstić information content (AvgIpc) is 2.98. The minimum Gasteiger partial charge on any atom is -0.380 e. The second-order valence-electron chi connectivity index (χ2n) is 3.53. The lowest BCUT2D eigenvalue weighted by molar-refractivity contribution is 0.436. The van der Waals surface area contributed by atoms with Crippen LogP contribution >= 0.6 is 11.3 Å². The van der Waals surface area contributed by atoms with Crippen molar-refractivity contribution in [1.82, 2.24) is 10.1 Å². The number of anilines is 1. The topological polar surface area (TPSA) is 64.9 Å². The third-order valence-electron chi connectivity index (χ3n) is 2.45. The van der Waals surface area contributed by atoms with Gasteiger partial charge in [-0.05, 0) is 17.5 Å². The van der Waals surface area contributed by atoms with Gasteiger partial charge in [0.25, 0.3) is 0 Å². The van der Waals surface area contributed by atoms with E-state index in [2.05, 4.69) is 10.1 Å². The molecule has 2 N–H and O–H groups in total. The molecular formula is C12H9N3OS. The standard InChI is InChI=1S/C12H9N3OS/c13-12-10(8-2-1-4-14-6-8)11(16-15-12)9-3-5-17-7-9/h1-7H,(H2,13,15). The zero-order valence-corrected chi connectivity index (χ0v) is 9.65. The fourth-order valence-corrected chi connectivity index (χ4v) is 2.32. The molecule has 0 aliphatic heterocycles. The molecule has 5 heteroatoms. The van der Waals surface area contributed by atoms with Gasteiger partial charge >= 0.3 is 0 Å². The van der Waals surface area contributed by atoms with Crippen LogP contribution in [0.2, 0.25) is 0 Å². The van der Waals surface area contributed by atoms with Gasteiger partial charge in [-0.1, -0.05) is 11.2 Å². The van der Waals surface area contributed by atoms with Crippen LogP contribution < -0.4 is 5.73 Å². The summed E-state index contributed by atoms with van der Waals surface area (Å²) in [6.07, 6.45) is 3.47. The minimum atomic E-state index is 0.388. The third kappa shape index (κ3) is 1.70. The van der Waals surface area contributed by atoms with Gasteiger partial charge < -0.3 is 10.3 Å². The van der Waals surface area contributed by atoms with Crippen LogP contribution in [0.1, 0.15) is 0 Å². The van der Waals surface area contributed by atoms with Crippen molar-refractivity contribution in [2.24, 2.45) is 0 Å². The van der Waals surface area contributed by atoms with Gasteiger partial charge in [-0.25, -0.2) is 0 Å². The Balaban J connectivity index is 2.20. The predicted octanol–water partition coefficient (Wildman–Crippen LogP) is 3.05. The van der Waals surface area contributed by atoms with Crippen LogP contribution in [-0.2, 0) is 0 Å². The van der Waals surface area contributed by atoms with E-state index in [0.29, 0.717) is 11.6 Å². The second-order valence-corrected chi connectivity index (χ2v) is 4.31. The Kier molecular flexibility index (Phi) is 2.38. The van der Waals surface area contributed by atoms with Crippen LogP contribution in [0.4, 0.5) is 5.82 Å². The largest absolute Gasteiger partial charge is 0.380 e. The lowest BCUT2D eigenvalue weighted by Gasteiger charge is -1.99. The number of hydrogen-bond acceptors (Lipinski definition) is 5. The monoisotopic (exact) mass is 243 g/mol. The summed E-state index contributed by atoms with van der Waals surface area (Å²) in [6.45, 7) is 0. The molecule has 0 saturated heterocycles. The molecule has 0 saturated carbocycles. The maximum Gasteiger partial charge on any atom is 0.177 e. The molecule has 0 aromatic carbocycles. The van der Waals surface area contributed by atoms with Gasteiger partial charge in [-0.3, -0.25) is 4.98 Å². The first-order chi connectivity index (χ1) is 8.36. The van der Waals surface area contributed by atoms with E-state index in [0.717, 1.165) is 16.7 Å². The maximum atomic E-state index is 5.85. The fraction of sp³-hybridized carbons (Fsp3) is 0. The molecule has 0 unspecified atom stereocenters. The van der Waals surface area contributed by atoms with Gasteiger partial charge in [0, 0.05) is 28.9 Å².